The highest BCUT2D eigenvalue weighted by Gasteiger charge is 2.42. The number of nitrogens with zero attached hydrogens (tertiary/aromatic N) is 2. The van der Waals surface area contributed by atoms with Crippen LogP contribution in [0, 0.1) is 0 Å². The molecule has 0 radical (unpaired) electrons. The zero-order valence-electron chi connectivity index (χ0n) is 30.4. The molecule has 8 rings (SSSR count). The van der Waals surface area contributed by atoms with Crippen molar-refractivity contribution >= 4 is 88.3 Å². The first-order valence-corrected chi connectivity index (χ1v) is 18.8. The summed E-state index contributed by atoms with van der Waals surface area (Å²) in [5, 5.41) is 20.4. The second kappa shape index (κ2) is 13.6. The normalized spacial score (nSPS) is 15.3. The van der Waals surface area contributed by atoms with E-state index >= 15 is 0 Å². The van der Waals surface area contributed by atoms with Crippen molar-refractivity contribution in [1.82, 2.24) is 0 Å². The molecule has 0 atom stereocenters. The molecular weight excluding hydrogens is 677 g/mol. The quantitative estimate of drug-likeness (QED) is 0.0501. The third-order valence-corrected chi connectivity index (χ3v) is 12.0. The number of carboxylic acid groups (broad SMARTS) is 1. The van der Waals surface area contributed by atoms with Gasteiger partial charge in [-0.2, -0.15) is 4.57 Å². The number of ether oxygens (including phenoxy) is 1. The van der Waals surface area contributed by atoms with Crippen LogP contribution in [0.3, 0.4) is 0 Å². The maximum atomic E-state index is 12.0. The number of hydrogen-bond acceptors (Lipinski definition) is 5. The van der Waals surface area contributed by atoms with Crippen molar-refractivity contribution in [1.29, 1.82) is 0 Å². The molecule has 0 aliphatic carbocycles. The molecule has 7 aromatic rings. The van der Waals surface area contributed by atoms with Gasteiger partial charge in [-0.25, -0.2) is 0 Å². The largest absolute Gasteiger partial charge is 0.481 e. The maximum absolute atomic E-state index is 12.0. The lowest BCUT2D eigenvalue weighted by Gasteiger charge is -2.27. The van der Waals surface area contributed by atoms with E-state index in [0.717, 1.165) is 38.4 Å². The predicted molar refractivity (Wildman–Crippen MR) is 219 cm³/mol. The number of aromatic nitrogens is 1. The average Bonchev–Trinajstić information content (AvgIpc) is 3.66. The number of thiazole rings is 1. The van der Waals surface area contributed by atoms with E-state index in [4.69, 9.17) is 4.74 Å². The highest BCUT2D eigenvalue weighted by Crippen LogP contribution is 2.54. The molecule has 2 heterocycles. The lowest BCUT2D eigenvalue weighted by molar-refractivity contribution is -0.669. The number of carbonyl (C=O) groups excluding carboxylic acids is 1. The number of carboxylic acids is 1. The SMILES string of the molecule is CC(=CC=C1N(CCC(=O)O)c2c(c3ccccc3c3ccccc23)C1(C)C)C=C(C)c1sc2c3ccccc3c3ccccc3c2[n+]1CCOC=O. The lowest BCUT2D eigenvalue weighted by atomic mass is 9.79. The Morgan fingerprint density at radius 3 is 2.00 bits per heavy atom. The Hall–Kier alpha value is -5.79. The third-order valence-electron chi connectivity index (χ3n) is 10.6. The van der Waals surface area contributed by atoms with E-state index in [-0.39, 0.29) is 18.4 Å². The predicted octanol–water partition coefficient (Wildman–Crippen LogP) is 10.5. The molecule has 6 nitrogen and oxygen atoms in total. The average molecular weight is 718 g/mol. The van der Waals surface area contributed by atoms with E-state index in [9.17, 15) is 14.7 Å². The summed E-state index contributed by atoms with van der Waals surface area (Å²) in [4.78, 5) is 25.4. The Morgan fingerprint density at radius 1 is 0.811 bits per heavy atom. The number of rotatable bonds is 10. The fourth-order valence-corrected chi connectivity index (χ4v) is 9.75. The van der Waals surface area contributed by atoms with Gasteiger partial charge < -0.3 is 14.7 Å². The fraction of sp³-hybridized carbons (Fsp3) is 0.196. The number of benzene rings is 6. The Balaban J connectivity index is 1.27. The van der Waals surface area contributed by atoms with Crippen LogP contribution in [0.15, 0.2) is 127 Å². The van der Waals surface area contributed by atoms with Gasteiger partial charge >= 0.3 is 5.97 Å². The van der Waals surface area contributed by atoms with Crippen LogP contribution in [0.4, 0.5) is 5.69 Å². The third kappa shape index (κ3) is 5.76. The van der Waals surface area contributed by atoms with Crippen LogP contribution in [0.5, 0.6) is 0 Å². The van der Waals surface area contributed by atoms with Crippen LogP contribution in [-0.2, 0) is 26.3 Å². The summed E-state index contributed by atoms with van der Waals surface area (Å²) in [6, 6.07) is 34.1. The minimum absolute atomic E-state index is 0.0266. The summed E-state index contributed by atoms with van der Waals surface area (Å²) < 4.78 is 8.74. The molecule has 0 saturated heterocycles. The first-order valence-electron chi connectivity index (χ1n) is 18.0. The Labute approximate surface area is 312 Å². The van der Waals surface area contributed by atoms with Crippen molar-refractivity contribution in [2.24, 2.45) is 0 Å². The number of allylic oxidation sites excluding steroid dienone is 6. The van der Waals surface area contributed by atoms with E-state index in [1.807, 2.05) is 0 Å². The number of hydrogen-bond donors (Lipinski definition) is 1. The van der Waals surface area contributed by atoms with Gasteiger partial charge in [-0.3, -0.25) is 9.59 Å². The molecule has 1 aromatic heterocycles. The first kappa shape index (κ1) is 34.3. The van der Waals surface area contributed by atoms with Crippen LogP contribution < -0.4 is 9.47 Å². The van der Waals surface area contributed by atoms with Gasteiger partial charge in [0, 0.05) is 34.0 Å². The molecule has 0 unspecified atom stereocenters. The summed E-state index contributed by atoms with van der Waals surface area (Å²) >= 11 is 1.77. The molecule has 0 saturated carbocycles. The molecule has 0 spiro atoms. The molecule has 0 bridgehead atoms. The van der Waals surface area contributed by atoms with Gasteiger partial charge in [-0.05, 0) is 64.6 Å². The number of anilines is 1. The standard InChI is InChI=1S/C46H40N2O4S/c1-29(27-30(2)45-48(25-26-52-28-49)43-37-19-11-7-15-33(37)34-16-8-12-20-38(34)44(43)53-45)21-22-39-46(3,4)41-35-17-9-5-13-31(35)32-14-6-10-18-36(32)42(41)47(39)24-23-40(50)51/h5-22,27-28H,23-26H2,1-4H3/p+1. The highest BCUT2D eigenvalue weighted by atomic mass is 32.1. The van der Waals surface area contributed by atoms with Gasteiger partial charge in [0.15, 0.2) is 6.54 Å². The van der Waals surface area contributed by atoms with E-state index in [1.54, 1.807) is 11.3 Å². The van der Waals surface area contributed by atoms with E-state index in [0.29, 0.717) is 19.6 Å². The Kier molecular flexibility index (Phi) is 8.83. The van der Waals surface area contributed by atoms with Crippen LogP contribution >= 0.6 is 11.3 Å². The molecule has 0 fully saturated rings. The number of aliphatic carboxylic acids is 1. The molecule has 6 aromatic carbocycles. The summed E-state index contributed by atoms with van der Waals surface area (Å²) in [7, 11) is 0. The smallest absolute Gasteiger partial charge is 0.305 e. The molecule has 1 N–H and O–H groups in total. The van der Waals surface area contributed by atoms with Crippen LogP contribution in [0.1, 0.15) is 44.7 Å². The first-order chi connectivity index (χ1) is 25.7. The number of fused-ring (bicyclic) bond motifs is 12. The maximum Gasteiger partial charge on any atom is 0.305 e. The monoisotopic (exact) mass is 717 g/mol. The molecule has 264 valence electrons. The minimum atomic E-state index is -0.818. The molecule has 53 heavy (non-hydrogen) atoms. The molecule has 0 amide bonds. The lowest BCUT2D eigenvalue weighted by Crippen LogP contribution is -2.38. The molecular formula is C46H41N2O4S+. The topological polar surface area (TPSA) is 70.7 Å². The van der Waals surface area contributed by atoms with Gasteiger partial charge in [-0.15, -0.1) is 0 Å². The van der Waals surface area contributed by atoms with Gasteiger partial charge in [0.25, 0.3) is 11.5 Å². The van der Waals surface area contributed by atoms with Crippen molar-refractivity contribution < 1.29 is 24.0 Å². The zero-order chi connectivity index (χ0) is 36.9. The second-order valence-electron chi connectivity index (χ2n) is 14.3. The van der Waals surface area contributed by atoms with Gasteiger partial charge in [0.05, 0.1) is 17.5 Å². The van der Waals surface area contributed by atoms with Gasteiger partial charge in [0.2, 0.25) is 5.52 Å². The summed E-state index contributed by atoms with van der Waals surface area (Å²) in [5.41, 5.74) is 6.32. The zero-order valence-corrected chi connectivity index (χ0v) is 31.2. The van der Waals surface area contributed by atoms with Crippen LogP contribution in [-0.4, -0.2) is 30.7 Å². The van der Waals surface area contributed by atoms with E-state index in [1.165, 1.54) is 48.0 Å². The Bertz CT molecular complexity index is 2720. The fourth-order valence-electron chi connectivity index (χ4n) is 8.44. The molecule has 1 aliphatic heterocycles. The highest BCUT2D eigenvalue weighted by molar-refractivity contribution is 7.20. The van der Waals surface area contributed by atoms with Crippen molar-refractivity contribution in [2.45, 2.75) is 46.1 Å². The van der Waals surface area contributed by atoms with Crippen molar-refractivity contribution in [3.63, 3.8) is 0 Å². The summed E-state index contributed by atoms with van der Waals surface area (Å²) in [5.74, 6) is -0.818. The molecule has 1 aliphatic rings. The van der Waals surface area contributed by atoms with Gasteiger partial charge in [-0.1, -0.05) is 128 Å². The number of carbonyl (C=O) groups is 2. The van der Waals surface area contributed by atoms with Crippen molar-refractivity contribution in [3.8, 4) is 0 Å². The van der Waals surface area contributed by atoms with Gasteiger partial charge in [0.1, 0.15) is 11.3 Å². The molecule has 7 heteroatoms. The van der Waals surface area contributed by atoms with Crippen molar-refractivity contribution in [2.75, 3.05) is 18.1 Å². The van der Waals surface area contributed by atoms with Crippen LogP contribution in [0.2, 0.25) is 0 Å². The summed E-state index contributed by atoms with van der Waals surface area (Å²) in [6.07, 6.45) is 6.58. The van der Waals surface area contributed by atoms with Crippen molar-refractivity contribution in [3.05, 3.63) is 137 Å². The Morgan fingerprint density at radius 2 is 1.36 bits per heavy atom. The summed E-state index contributed by atoms with van der Waals surface area (Å²) in [6.45, 7) is 10.4. The minimum Gasteiger partial charge on any atom is -0.481 e. The second-order valence-corrected chi connectivity index (χ2v) is 15.3. The van der Waals surface area contributed by atoms with Crippen LogP contribution in [0.25, 0.3) is 58.9 Å². The van der Waals surface area contributed by atoms with E-state index < -0.39 is 5.97 Å². The van der Waals surface area contributed by atoms with E-state index in [2.05, 4.69) is 152 Å².